The van der Waals surface area contributed by atoms with Crippen molar-refractivity contribution >= 4 is 11.9 Å². The van der Waals surface area contributed by atoms with E-state index in [1.807, 2.05) is 32.0 Å². The normalized spacial score (nSPS) is 22.7. The third-order valence-electron chi connectivity index (χ3n) is 3.76. The number of rotatable bonds is 3. The van der Waals surface area contributed by atoms with Crippen LogP contribution in [0.1, 0.15) is 37.5 Å². The van der Waals surface area contributed by atoms with Gasteiger partial charge in [0.15, 0.2) is 0 Å². The molecule has 1 saturated heterocycles. The van der Waals surface area contributed by atoms with Crippen molar-refractivity contribution in [2.24, 2.45) is 5.73 Å². The molecule has 0 spiro atoms. The van der Waals surface area contributed by atoms with Crippen molar-refractivity contribution in [1.82, 2.24) is 10.2 Å². The predicted molar refractivity (Wildman–Crippen MR) is 81.8 cm³/mol. The van der Waals surface area contributed by atoms with Crippen LogP contribution in [-0.2, 0) is 10.3 Å². The van der Waals surface area contributed by atoms with E-state index >= 15 is 0 Å². The van der Waals surface area contributed by atoms with Crippen LogP contribution in [0.5, 0.6) is 0 Å². The Labute approximate surface area is 125 Å². The Morgan fingerprint density at radius 2 is 1.90 bits per heavy atom. The Hall–Kier alpha value is -1.88. The molecule has 0 bridgehead atoms. The van der Waals surface area contributed by atoms with Gasteiger partial charge < -0.3 is 11.1 Å². The van der Waals surface area contributed by atoms with Crippen LogP contribution >= 0.6 is 0 Å². The number of hydrogen-bond donors (Lipinski definition) is 2. The molecule has 3 N–H and O–H groups in total. The van der Waals surface area contributed by atoms with Crippen molar-refractivity contribution in [3.63, 3.8) is 0 Å². The third-order valence-corrected chi connectivity index (χ3v) is 3.76. The van der Waals surface area contributed by atoms with Gasteiger partial charge in [0.25, 0.3) is 5.91 Å². The van der Waals surface area contributed by atoms with E-state index in [0.717, 1.165) is 16.7 Å². The van der Waals surface area contributed by atoms with E-state index in [9.17, 15) is 9.59 Å². The molecule has 114 valence electrons. The smallest absolute Gasteiger partial charge is 0.324 e. The zero-order valence-corrected chi connectivity index (χ0v) is 13.3. The van der Waals surface area contributed by atoms with E-state index in [-0.39, 0.29) is 18.5 Å². The van der Waals surface area contributed by atoms with E-state index < -0.39 is 11.1 Å². The fourth-order valence-corrected chi connectivity index (χ4v) is 2.81. The Kier molecular flexibility index (Phi) is 3.58. The van der Waals surface area contributed by atoms with Crippen LogP contribution in [0.2, 0.25) is 0 Å². The lowest BCUT2D eigenvalue weighted by molar-refractivity contribution is -0.131. The van der Waals surface area contributed by atoms with Gasteiger partial charge in [0.1, 0.15) is 5.54 Å². The summed E-state index contributed by atoms with van der Waals surface area (Å²) in [5, 5.41) is 2.81. The highest BCUT2D eigenvalue weighted by atomic mass is 16.2. The number of nitrogens with one attached hydrogen (secondary N) is 1. The number of aryl methyl sites for hydroxylation is 2. The van der Waals surface area contributed by atoms with Crippen molar-refractivity contribution < 1.29 is 9.59 Å². The lowest BCUT2D eigenvalue weighted by atomic mass is 9.87. The standard InChI is InChI=1S/C16H23N3O2/c1-10-6-7-12(11(2)8-10)16(5)13(20)19(14(21)18-16)9-15(3,4)17/h6-8H,9,17H2,1-5H3,(H,18,21). The first kappa shape index (κ1) is 15.5. The van der Waals surface area contributed by atoms with Crippen molar-refractivity contribution in [2.45, 2.75) is 45.7 Å². The van der Waals surface area contributed by atoms with Crippen LogP contribution in [0.15, 0.2) is 18.2 Å². The maximum atomic E-state index is 12.7. The summed E-state index contributed by atoms with van der Waals surface area (Å²) in [4.78, 5) is 26.1. The zero-order chi connectivity index (χ0) is 16.0. The number of carbonyl (C=O) groups excluding carboxylic acids is 2. The Morgan fingerprint density at radius 1 is 1.29 bits per heavy atom. The van der Waals surface area contributed by atoms with Crippen molar-refractivity contribution in [2.75, 3.05) is 6.54 Å². The maximum absolute atomic E-state index is 12.7. The summed E-state index contributed by atoms with van der Waals surface area (Å²) >= 11 is 0. The van der Waals surface area contributed by atoms with E-state index in [1.54, 1.807) is 20.8 Å². The number of benzene rings is 1. The monoisotopic (exact) mass is 289 g/mol. The second kappa shape index (κ2) is 4.84. The molecule has 0 aliphatic carbocycles. The van der Waals surface area contributed by atoms with Crippen LogP contribution in [0.4, 0.5) is 4.79 Å². The van der Waals surface area contributed by atoms with Gasteiger partial charge in [-0.25, -0.2) is 4.79 Å². The number of carbonyl (C=O) groups is 2. The molecule has 1 unspecified atom stereocenters. The quantitative estimate of drug-likeness (QED) is 0.833. The highest BCUT2D eigenvalue weighted by Gasteiger charge is 2.50. The van der Waals surface area contributed by atoms with Crippen molar-refractivity contribution in [1.29, 1.82) is 0 Å². The average Bonchev–Trinajstić information content (AvgIpc) is 2.52. The topological polar surface area (TPSA) is 75.4 Å². The van der Waals surface area contributed by atoms with Gasteiger partial charge in [-0.2, -0.15) is 0 Å². The molecule has 1 fully saturated rings. The minimum Gasteiger partial charge on any atom is -0.324 e. The number of nitrogens with zero attached hydrogens (tertiary/aromatic N) is 1. The van der Waals surface area contributed by atoms with Gasteiger partial charge in [0.05, 0.1) is 0 Å². The molecule has 1 aromatic carbocycles. The summed E-state index contributed by atoms with van der Waals surface area (Å²) in [6, 6.07) is 5.47. The first-order chi connectivity index (χ1) is 9.54. The molecule has 0 saturated carbocycles. The van der Waals surface area contributed by atoms with Crippen LogP contribution < -0.4 is 11.1 Å². The van der Waals surface area contributed by atoms with Gasteiger partial charge in [0, 0.05) is 12.1 Å². The maximum Gasteiger partial charge on any atom is 0.325 e. The lowest BCUT2D eigenvalue weighted by Crippen LogP contribution is -2.48. The molecule has 5 nitrogen and oxygen atoms in total. The second-order valence-corrected chi connectivity index (χ2v) is 6.75. The summed E-state index contributed by atoms with van der Waals surface area (Å²) in [7, 11) is 0. The molecule has 3 amide bonds. The van der Waals surface area contributed by atoms with E-state index in [1.165, 1.54) is 4.90 Å². The number of hydrogen-bond acceptors (Lipinski definition) is 3. The van der Waals surface area contributed by atoms with Crippen molar-refractivity contribution in [3.8, 4) is 0 Å². The van der Waals surface area contributed by atoms with Gasteiger partial charge in [-0.3, -0.25) is 9.69 Å². The largest absolute Gasteiger partial charge is 0.325 e. The van der Waals surface area contributed by atoms with Gasteiger partial charge in [-0.15, -0.1) is 0 Å². The lowest BCUT2D eigenvalue weighted by Gasteiger charge is -2.27. The molecular weight excluding hydrogens is 266 g/mol. The molecule has 5 heteroatoms. The SMILES string of the molecule is Cc1ccc(C2(C)NC(=O)N(CC(C)(C)N)C2=O)c(C)c1. The summed E-state index contributed by atoms with van der Waals surface area (Å²) in [6.07, 6.45) is 0. The van der Waals surface area contributed by atoms with E-state index in [4.69, 9.17) is 5.73 Å². The zero-order valence-electron chi connectivity index (χ0n) is 13.3. The fourth-order valence-electron chi connectivity index (χ4n) is 2.81. The molecule has 21 heavy (non-hydrogen) atoms. The van der Waals surface area contributed by atoms with E-state index in [0.29, 0.717) is 0 Å². The van der Waals surface area contributed by atoms with Gasteiger partial charge in [-0.1, -0.05) is 23.8 Å². The highest BCUT2D eigenvalue weighted by molar-refractivity contribution is 6.07. The van der Waals surface area contributed by atoms with Gasteiger partial charge in [0.2, 0.25) is 0 Å². The minimum absolute atomic E-state index is 0.193. The van der Waals surface area contributed by atoms with Crippen LogP contribution in [-0.4, -0.2) is 28.9 Å². The molecule has 1 aromatic rings. The van der Waals surface area contributed by atoms with Gasteiger partial charge >= 0.3 is 6.03 Å². The summed E-state index contributed by atoms with van der Waals surface area (Å²) in [5.41, 5.74) is 7.22. The molecule has 2 rings (SSSR count). The molecule has 1 heterocycles. The molecule has 1 aliphatic heterocycles. The average molecular weight is 289 g/mol. The molecule has 0 aromatic heterocycles. The van der Waals surface area contributed by atoms with Crippen LogP contribution in [0.25, 0.3) is 0 Å². The third kappa shape index (κ3) is 2.78. The number of imide groups is 1. The Bertz CT molecular complexity index is 604. The summed E-state index contributed by atoms with van der Waals surface area (Å²) in [5.74, 6) is -0.252. The first-order valence-electron chi connectivity index (χ1n) is 7.05. The number of nitrogens with two attached hydrogens (primary N) is 1. The number of amides is 3. The van der Waals surface area contributed by atoms with Crippen molar-refractivity contribution in [3.05, 3.63) is 34.9 Å². The fraction of sp³-hybridized carbons (Fsp3) is 0.500. The predicted octanol–water partition coefficient (Wildman–Crippen LogP) is 1.81. The van der Waals surface area contributed by atoms with Crippen LogP contribution in [0.3, 0.4) is 0 Å². The molecule has 1 aliphatic rings. The minimum atomic E-state index is -1.03. The highest BCUT2D eigenvalue weighted by Crippen LogP contribution is 2.31. The molecule has 1 atom stereocenters. The second-order valence-electron chi connectivity index (χ2n) is 6.75. The molecular formula is C16H23N3O2. The summed E-state index contributed by atoms with van der Waals surface area (Å²) in [6.45, 7) is 9.47. The Balaban J connectivity index is 2.40. The summed E-state index contributed by atoms with van der Waals surface area (Å²) < 4.78 is 0. The van der Waals surface area contributed by atoms with Gasteiger partial charge in [-0.05, 0) is 45.7 Å². The van der Waals surface area contributed by atoms with E-state index in [2.05, 4.69) is 5.32 Å². The molecule has 0 radical (unpaired) electrons. The van der Waals surface area contributed by atoms with Crippen LogP contribution in [0, 0.1) is 13.8 Å². The first-order valence-corrected chi connectivity index (χ1v) is 7.05. The number of urea groups is 1. The Morgan fingerprint density at radius 3 is 2.43 bits per heavy atom.